The fraction of sp³-hybridized carbons (Fsp3) is 0.500. The molecule has 0 saturated carbocycles. The maximum absolute atomic E-state index is 11.7. The predicted octanol–water partition coefficient (Wildman–Crippen LogP) is 2.79. The highest BCUT2D eigenvalue weighted by atomic mass is 35.5. The van der Waals surface area contributed by atoms with Gasteiger partial charge in [0.1, 0.15) is 25.5 Å². The molecular formula is C20H27ClN4O4. The Balaban J connectivity index is 1.44. The van der Waals surface area contributed by atoms with Crippen molar-refractivity contribution >= 4 is 17.3 Å². The van der Waals surface area contributed by atoms with Gasteiger partial charge in [0.15, 0.2) is 11.5 Å². The largest absolute Gasteiger partial charge is 0.488 e. The monoisotopic (exact) mass is 422 g/mol. The van der Waals surface area contributed by atoms with E-state index >= 15 is 0 Å². The van der Waals surface area contributed by atoms with E-state index in [4.69, 9.17) is 25.8 Å². The van der Waals surface area contributed by atoms with Crippen molar-refractivity contribution in [2.45, 2.75) is 19.8 Å². The summed E-state index contributed by atoms with van der Waals surface area (Å²) in [4.78, 5) is 14.1. The molecule has 2 aromatic rings. The number of nitrogens with one attached hydrogen (secondary N) is 2. The molecule has 0 amide bonds. The normalized spacial score (nSPS) is 12.8. The van der Waals surface area contributed by atoms with Crippen LogP contribution < -0.4 is 25.1 Å². The number of anilines is 1. The fourth-order valence-electron chi connectivity index (χ4n) is 3.15. The van der Waals surface area contributed by atoms with Gasteiger partial charge in [0, 0.05) is 13.1 Å². The Morgan fingerprint density at radius 2 is 2.14 bits per heavy atom. The minimum Gasteiger partial charge on any atom is -0.488 e. The third-order valence-electron chi connectivity index (χ3n) is 4.50. The summed E-state index contributed by atoms with van der Waals surface area (Å²) in [7, 11) is 0. The summed E-state index contributed by atoms with van der Waals surface area (Å²) < 4.78 is 17.2. The van der Waals surface area contributed by atoms with Crippen molar-refractivity contribution in [1.82, 2.24) is 15.1 Å². The number of ether oxygens (including phenoxy) is 3. The molecule has 1 aromatic heterocycles. The first kappa shape index (κ1) is 21.3. The molecule has 29 heavy (non-hydrogen) atoms. The summed E-state index contributed by atoms with van der Waals surface area (Å²) in [5.74, 6) is 2.13. The lowest BCUT2D eigenvalue weighted by Crippen LogP contribution is -2.31. The summed E-state index contributed by atoms with van der Waals surface area (Å²) in [5, 5.41) is 9.45. The number of H-pyrrole nitrogens is 1. The van der Waals surface area contributed by atoms with Crippen LogP contribution in [0.15, 0.2) is 29.2 Å². The molecule has 0 spiro atoms. The first-order valence-electron chi connectivity index (χ1n) is 9.90. The average molecular weight is 423 g/mol. The number of rotatable bonds is 11. The number of aromatic amines is 1. The quantitative estimate of drug-likeness (QED) is 0.538. The maximum Gasteiger partial charge on any atom is 0.289 e. The molecule has 0 atom stereocenters. The van der Waals surface area contributed by atoms with E-state index in [0.717, 1.165) is 38.2 Å². The second-order valence-electron chi connectivity index (χ2n) is 6.67. The number of hydrogen-bond acceptors (Lipinski definition) is 7. The number of para-hydroxylation sites is 1. The first-order valence-corrected chi connectivity index (χ1v) is 10.3. The molecule has 2 N–H and O–H groups in total. The lowest BCUT2D eigenvalue weighted by atomic mass is 10.3. The molecule has 2 heterocycles. The van der Waals surface area contributed by atoms with Crippen molar-refractivity contribution in [3.05, 3.63) is 39.8 Å². The van der Waals surface area contributed by atoms with Gasteiger partial charge in [-0.25, -0.2) is 5.10 Å². The topological polar surface area (TPSA) is 88.7 Å². The van der Waals surface area contributed by atoms with Crippen LogP contribution in [-0.2, 0) is 0 Å². The van der Waals surface area contributed by atoms with Crippen LogP contribution in [-0.4, -0.2) is 61.1 Å². The number of hydrogen-bond donors (Lipinski definition) is 2. The minimum atomic E-state index is -0.311. The number of benzene rings is 1. The van der Waals surface area contributed by atoms with Crippen LogP contribution in [0.25, 0.3) is 0 Å². The van der Waals surface area contributed by atoms with Gasteiger partial charge in [-0.2, -0.15) is 5.10 Å². The second-order valence-corrected chi connectivity index (χ2v) is 7.08. The molecule has 0 aliphatic carbocycles. The van der Waals surface area contributed by atoms with Gasteiger partial charge in [-0.05, 0) is 38.1 Å². The molecule has 8 nitrogen and oxygen atoms in total. The summed E-state index contributed by atoms with van der Waals surface area (Å²) in [5.41, 5.74) is 0.0526. The third-order valence-corrected chi connectivity index (χ3v) is 4.78. The van der Waals surface area contributed by atoms with E-state index in [1.54, 1.807) is 0 Å². The molecule has 0 radical (unpaired) electrons. The van der Waals surface area contributed by atoms with Crippen LogP contribution in [0.5, 0.6) is 17.2 Å². The third kappa shape index (κ3) is 6.01. The highest BCUT2D eigenvalue weighted by Crippen LogP contribution is 2.38. The van der Waals surface area contributed by atoms with Crippen LogP contribution in [0, 0.1) is 0 Å². The zero-order chi connectivity index (χ0) is 20.5. The van der Waals surface area contributed by atoms with E-state index in [1.807, 2.05) is 18.2 Å². The fourth-order valence-corrected chi connectivity index (χ4v) is 3.36. The Morgan fingerprint density at radius 3 is 2.97 bits per heavy atom. The molecule has 0 bridgehead atoms. The van der Waals surface area contributed by atoms with Gasteiger partial charge in [-0.1, -0.05) is 24.6 Å². The van der Waals surface area contributed by atoms with Crippen LogP contribution in [0.1, 0.15) is 19.8 Å². The van der Waals surface area contributed by atoms with Crippen LogP contribution in [0.4, 0.5) is 5.69 Å². The molecule has 1 aliphatic rings. The maximum atomic E-state index is 11.7. The zero-order valence-electron chi connectivity index (χ0n) is 16.6. The summed E-state index contributed by atoms with van der Waals surface area (Å²) >= 11 is 6.01. The van der Waals surface area contributed by atoms with Crippen molar-refractivity contribution in [3.63, 3.8) is 0 Å². The molecule has 3 rings (SSSR count). The van der Waals surface area contributed by atoms with Gasteiger partial charge in [0.05, 0.1) is 11.2 Å². The Morgan fingerprint density at radius 1 is 1.28 bits per heavy atom. The number of nitrogens with zero attached hydrogens (tertiary/aromatic N) is 2. The molecule has 158 valence electrons. The average Bonchev–Trinajstić information content (AvgIpc) is 2.73. The Hall–Kier alpha value is -2.45. The van der Waals surface area contributed by atoms with E-state index in [9.17, 15) is 4.79 Å². The molecule has 9 heteroatoms. The highest BCUT2D eigenvalue weighted by molar-refractivity contribution is 6.32. The molecule has 1 aromatic carbocycles. The van der Waals surface area contributed by atoms with Crippen LogP contribution in [0.2, 0.25) is 5.02 Å². The van der Waals surface area contributed by atoms with Crippen molar-refractivity contribution in [1.29, 1.82) is 0 Å². The van der Waals surface area contributed by atoms with Crippen molar-refractivity contribution in [3.8, 4) is 17.2 Å². The van der Waals surface area contributed by atoms with Gasteiger partial charge < -0.3 is 19.5 Å². The van der Waals surface area contributed by atoms with Crippen molar-refractivity contribution < 1.29 is 14.2 Å². The lowest BCUT2D eigenvalue weighted by molar-refractivity contribution is 0.156. The number of aromatic nitrogens is 2. The number of halogens is 1. The second kappa shape index (κ2) is 10.9. The summed E-state index contributed by atoms with van der Waals surface area (Å²) in [6.45, 7) is 7.12. The Kier molecular flexibility index (Phi) is 8.01. The van der Waals surface area contributed by atoms with Crippen LogP contribution >= 0.6 is 11.6 Å². The van der Waals surface area contributed by atoms with Gasteiger partial charge in [-0.15, -0.1) is 0 Å². The highest BCUT2D eigenvalue weighted by Gasteiger charge is 2.16. The smallest absolute Gasteiger partial charge is 0.289 e. The minimum absolute atomic E-state index is 0.311. The SMILES string of the molecule is CCCN(CCCNc1c(Cl)cn[nH]c1=O)CCOc1cccc2c1OCCO2. The van der Waals surface area contributed by atoms with Gasteiger partial charge in [0.2, 0.25) is 5.75 Å². The van der Waals surface area contributed by atoms with Gasteiger partial charge in [0.25, 0.3) is 5.56 Å². The van der Waals surface area contributed by atoms with Crippen molar-refractivity contribution in [2.75, 3.05) is 51.3 Å². The molecule has 0 saturated heterocycles. The molecular weight excluding hydrogens is 396 g/mol. The molecule has 1 aliphatic heterocycles. The number of fused-ring (bicyclic) bond motifs is 1. The Bertz CT molecular complexity index is 845. The lowest BCUT2D eigenvalue weighted by Gasteiger charge is -2.24. The van der Waals surface area contributed by atoms with Gasteiger partial charge in [-0.3, -0.25) is 9.69 Å². The summed E-state index contributed by atoms with van der Waals surface area (Å²) in [6.07, 6.45) is 3.35. The van der Waals surface area contributed by atoms with E-state index in [0.29, 0.717) is 48.6 Å². The van der Waals surface area contributed by atoms with E-state index in [1.165, 1.54) is 6.20 Å². The van der Waals surface area contributed by atoms with Gasteiger partial charge >= 0.3 is 0 Å². The van der Waals surface area contributed by atoms with E-state index < -0.39 is 0 Å². The predicted molar refractivity (Wildman–Crippen MR) is 113 cm³/mol. The zero-order valence-corrected chi connectivity index (χ0v) is 17.3. The molecule has 0 unspecified atom stereocenters. The Labute approximate surface area is 175 Å². The summed E-state index contributed by atoms with van der Waals surface area (Å²) in [6, 6.07) is 5.69. The van der Waals surface area contributed by atoms with Crippen LogP contribution in [0.3, 0.4) is 0 Å². The van der Waals surface area contributed by atoms with Crippen molar-refractivity contribution in [2.24, 2.45) is 0 Å². The molecule has 0 fully saturated rings. The first-order chi connectivity index (χ1) is 14.2. The standard InChI is InChI=1S/C20H27ClN4O4/c1-2-8-25(9-4-7-22-18-15(21)14-23-24-20(18)26)10-11-27-16-5-3-6-17-19(16)29-13-12-28-17/h3,5-6,14H,2,4,7-13H2,1H3,(H,22,23)(H,24,26). The van der Waals surface area contributed by atoms with E-state index in [2.05, 4.69) is 27.3 Å². The van der Waals surface area contributed by atoms with E-state index in [-0.39, 0.29) is 5.56 Å².